The maximum absolute atomic E-state index is 11.4. The molecule has 2 atom stereocenters. The van der Waals surface area contributed by atoms with Crippen LogP contribution in [0.5, 0.6) is 0 Å². The third kappa shape index (κ3) is 5.19. The zero-order valence-corrected chi connectivity index (χ0v) is 10.2. The molecule has 98 valence electrons. The number of hydrogen-bond acceptors (Lipinski definition) is 3. The summed E-state index contributed by atoms with van der Waals surface area (Å²) in [6.45, 7) is 5.08. The maximum atomic E-state index is 11.4. The monoisotopic (exact) mass is 245 g/mol. The molecule has 7 nitrogen and oxygen atoms in total. The van der Waals surface area contributed by atoms with Crippen LogP contribution in [0.3, 0.4) is 0 Å². The van der Waals surface area contributed by atoms with Gasteiger partial charge in [-0.3, -0.25) is 4.79 Å². The number of nitrogens with two attached hydrogens (primary N) is 1. The number of carboxylic acids is 1. The molecule has 0 aromatic carbocycles. The van der Waals surface area contributed by atoms with E-state index >= 15 is 0 Å². The van der Waals surface area contributed by atoms with Gasteiger partial charge in [-0.1, -0.05) is 20.8 Å². The second-order valence-corrected chi connectivity index (χ2v) is 4.04. The fourth-order valence-electron chi connectivity index (χ4n) is 1.25. The number of nitrogens with one attached hydrogen (secondary N) is 2. The fourth-order valence-corrected chi connectivity index (χ4v) is 1.25. The molecule has 0 aliphatic rings. The number of primary amides is 1. The van der Waals surface area contributed by atoms with Crippen molar-refractivity contribution in [2.75, 3.05) is 0 Å². The lowest BCUT2D eigenvalue weighted by Crippen LogP contribution is -2.54. The first-order valence-electron chi connectivity index (χ1n) is 5.38. The summed E-state index contributed by atoms with van der Waals surface area (Å²) in [5.74, 6) is -1.94. The van der Waals surface area contributed by atoms with Gasteiger partial charge in [0.05, 0.1) is 0 Å². The maximum Gasteiger partial charge on any atom is 0.326 e. The lowest BCUT2D eigenvalue weighted by Gasteiger charge is -2.20. The standard InChI is InChI=1S/C10H19N3O4/c1-4-6(9(15)16)12-10(17)13-7(5(2)3)8(11)14/h5-7H,4H2,1-3H3,(H2,11,14)(H,15,16)(H2,12,13,17). The molecule has 0 saturated heterocycles. The Labute approximate surface area is 99.7 Å². The quantitative estimate of drug-likeness (QED) is 0.511. The van der Waals surface area contributed by atoms with Gasteiger partial charge in [-0.25, -0.2) is 9.59 Å². The van der Waals surface area contributed by atoms with E-state index in [0.717, 1.165) is 0 Å². The van der Waals surface area contributed by atoms with Gasteiger partial charge in [0.1, 0.15) is 12.1 Å². The molecule has 0 fully saturated rings. The van der Waals surface area contributed by atoms with E-state index < -0.39 is 30.0 Å². The molecule has 3 amide bonds. The Morgan fingerprint density at radius 1 is 1.24 bits per heavy atom. The Hall–Kier alpha value is -1.79. The third-order valence-electron chi connectivity index (χ3n) is 2.27. The second kappa shape index (κ2) is 6.72. The first kappa shape index (κ1) is 15.2. The molecule has 0 rings (SSSR count). The minimum atomic E-state index is -1.12. The molecule has 0 bridgehead atoms. The molecule has 0 heterocycles. The van der Waals surface area contributed by atoms with Gasteiger partial charge in [0.2, 0.25) is 5.91 Å². The molecule has 0 radical (unpaired) electrons. The van der Waals surface area contributed by atoms with Gasteiger partial charge < -0.3 is 21.5 Å². The molecule has 0 aromatic rings. The zero-order chi connectivity index (χ0) is 13.6. The smallest absolute Gasteiger partial charge is 0.326 e. The van der Waals surface area contributed by atoms with Crippen LogP contribution in [0.15, 0.2) is 0 Å². The van der Waals surface area contributed by atoms with Crippen LogP contribution < -0.4 is 16.4 Å². The van der Waals surface area contributed by atoms with Gasteiger partial charge in [-0.15, -0.1) is 0 Å². The van der Waals surface area contributed by atoms with Crippen molar-refractivity contribution in [2.45, 2.75) is 39.3 Å². The van der Waals surface area contributed by atoms with Crippen LogP contribution in [0.4, 0.5) is 4.79 Å². The SMILES string of the molecule is CCC(NC(=O)NC(C(N)=O)C(C)C)C(=O)O. The highest BCUT2D eigenvalue weighted by Crippen LogP contribution is 2.00. The average Bonchev–Trinajstić information content (AvgIpc) is 2.21. The highest BCUT2D eigenvalue weighted by Gasteiger charge is 2.24. The van der Waals surface area contributed by atoms with Gasteiger partial charge in [0, 0.05) is 0 Å². The molecule has 0 saturated carbocycles. The first-order chi connectivity index (χ1) is 7.79. The molecule has 0 spiro atoms. The minimum Gasteiger partial charge on any atom is -0.480 e. The van der Waals surface area contributed by atoms with Crippen molar-refractivity contribution < 1.29 is 19.5 Å². The van der Waals surface area contributed by atoms with E-state index in [1.165, 1.54) is 0 Å². The summed E-state index contributed by atoms with van der Waals surface area (Å²) in [6.07, 6.45) is 0.256. The van der Waals surface area contributed by atoms with Crippen LogP contribution >= 0.6 is 0 Å². The largest absolute Gasteiger partial charge is 0.480 e. The zero-order valence-electron chi connectivity index (χ0n) is 10.2. The predicted octanol–water partition coefficient (Wildman–Crippen LogP) is -0.341. The Balaban J connectivity index is 4.42. The highest BCUT2D eigenvalue weighted by atomic mass is 16.4. The Morgan fingerprint density at radius 2 is 1.76 bits per heavy atom. The Bertz CT molecular complexity index is 304. The Kier molecular flexibility index (Phi) is 6.01. The molecule has 7 heteroatoms. The number of hydrogen-bond donors (Lipinski definition) is 4. The average molecular weight is 245 g/mol. The van der Waals surface area contributed by atoms with Crippen molar-refractivity contribution in [2.24, 2.45) is 11.7 Å². The molecule has 0 aromatic heterocycles. The van der Waals surface area contributed by atoms with Crippen LogP contribution in [0.25, 0.3) is 0 Å². The lowest BCUT2D eigenvalue weighted by molar-refractivity contribution is -0.139. The molecule has 5 N–H and O–H groups in total. The van der Waals surface area contributed by atoms with Crippen LogP contribution in [-0.2, 0) is 9.59 Å². The fraction of sp³-hybridized carbons (Fsp3) is 0.700. The summed E-state index contributed by atoms with van der Waals surface area (Å²) in [5.41, 5.74) is 5.11. The second-order valence-electron chi connectivity index (χ2n) is 4.04. The van der Waals surface area contributed by atoms with E-state index in [1.807, 2.05) is 0 Å². The van der Waals surface area contributed by atoms with E-state index in [-0.39, 0.29) is 12.3 Å². The first-order valence-corrected chi connectivity index (χ1v) is 5.38. The number of carbonyl (C=O) groups excluding carboxylic acids is 2. The summed E-state index contributed by atoms with van der Waals surface area (Å²) in [5, 5.41) is 13.3. The van der Waals surface area contributed by atoms with Gasteiger partial charge in [-0.2, -0.15) is 0 Å². The predicted molar refractivity (Wildman–Crippen MR) is 61.2 cm³/mol. The summed E-state index contributed by atoms with van der Waals surface area (Å²) in [7, 11) is 0. The number of carboxylic acid groups (broad SMARTS) is 1. The molecular weight excluding hydrogens is 226 g/mol. The van der Waals surface area contributed by atoms with Crippen molar-refractivity contribution in [1.82, 2.24) is 10.6 Å². The van der Waals surface area contributed by atoms with E-state index in [2.05, 4.69) is 10.6 Å². The van der Waals surface area contributed by atoms with Crippen LogP contribution in [0.1, 0.15) is 27.2 Å². The van der Waals surface area contributed by atoms with E-state index in [0.29, 0.717) is 0 Å². The summed E-state index contributed by atoms with van der Waals surface area (Å²) >= 11 is 0. The van der Waals surface area contributed by atoms with Crippen molar-refractivity contribution in [3.05, 3.63) is 0 Å². The van der Waals surface area contributed by atoms with E-state index in [9.17, 15) is 14.4 Å². The molecule has 0 aliphatic heterocycles. The molecule has 2 unspecified atom stereocenters. The van der Waals surface area contributed by atoms with Crippen molar-refractivity contribution in [1.29, 1.82) is 0 Å². The van der Waals surface area contributed by atoms with Crippen molar-refractivity contribution >= 4 is 17.9 Å². The molecule has 0 aliphatic carbocycles. The minimum absolute atomic E-state index is 0.164. The topological polar surface area (TPSA) is 122 Å². The number of urea groups is 1. The van der Waals surface area contributed by atoms with Crippen LogP contribution in [-0.4, -0.2) is 35.1 Å². The summed E-state index contributed by atoms with van der Waals surface area (Å²) in [6, 6.07) is -2.51. The van der Waals surface area contributed by atoms with Gasteiger partial charge in [0.15, 0.2) is 0 Å². The van der Waals surface area contributed by atoms with Gasteiger partial charge in [0.25, 0.3) is 0 Å². The number of rotatable bonds is 6. The lowest BCUT2D eigenvalue weighted by atomic mass is 10.0. The normalized spacial score (nSPS) is 13.9. The van der Waals surface area contributed by atoms with Gasteiger partial charge in [-0.05, 0) is 12.3 Å². The summed E-state index contributed by atoms with van der Waals surface area (Å²) < 4.78 is 0. The number of amides is 3. The van der Waals surface area contributed by atoms with Gasteiger partial charge >= 0.3 is 12.0 Å². The number of aliphatic carboxylic acids is 1. The summed E-state index contributed by atoms with van der Waals surface area (Å²) in [4.78, 5) is 33.2. The highest BCUT2D eigenvalue weighted by molar-refractivity contribution is 5.88. The van der Waals surface area contributed by atoms with E-state index in [4.69, 9.17) is 10.8 Å². The molecular formula is C10H19N3O4. The van der Waals surface area contributed by atoms with Crippen LogP contribution in [0.2, 0.25) is 0 Å². The van der Waals surface area contributed by atoms with Crippen LogP contribution in [0, 0.1) is 5.92 Å². The number of carbonyl (C=O) groups is 3. The molecule has 17 heavy (non-hydrogen) atoms. The van der Waals surface area contributed by atoms with Crippen molar-refractivity contribution in [3.63, 3.8) is 0 Å². The third-order valence-corrected chi connectivity index (χ3v) is 2.27. The van der Waals surface area contributed by atoms with Crippen molar-refractivity contribution in [3.8, 4) is 0 Å². The van der Waals surface area contributed by atoms with E-state index in [1.54, 1.807) is 20.8 Å². The Morgan fingerprint density at radius 3 is 2.06 bits per heavy atom.